The van der Waals surface area contributed by atoms with Crippen molar-refractivity contribution in [2.24, 2.45) is 11.8 Å². The largest absolute Gasteiger partial charge is 0.487 e. The minimum Gasteiger partial charge on any atom is -0.487 e. The lowest BCUT2D eigenvalue weighted by atomic mass is 9.70. The molecule has 1 heterocycles. The highest BCUT2D eigenvalue weighted by Crippen LogP contribution is 2.42. The van der Waals surface area contributed by atoms with E-state index in [-0.39, 0.29) is 12.3 Å². The Kier molecular flexibility index (Phi) is 11.5. The van der Waals surface area contributed by atoms with Crippen LogP contribution in [0, 0.1) is 11.8 Å². The molecule has 2 aliphatic rings. The number of rotatable bonds is 12. The number of allylic oxidation sites excluding steroid dienone is 1. The van der Waals surface area contributed by atoms with Crippen LogP contribution in [0.3, 0.4) is 0 Å². The highest BCUT2D eigenvalue weighted by Gasteiger charge is 2.40. The number of methoxy groups -OCH3 is 1. The molecule has 0 saturated heterocycles. The molecular weight excluding hydrogens is 550 g/mol. The van der Waals surface area contributed by atoms with Crippen molar-refractivity contribution in [2.75, 3.05) is 25.1 Å². The van der Waals surface area contributed by atoms with Gasteiger partial charge in [0.2, 0.25) is 0 Å². The van der Waals surface area contributed by atoms with Crippen molar-refractivity contribution in [3.8, 4) is 5.75 Å². The molecule has 0 amide bonds. The lowest BCUT2D eigenvalue weighted by Gasteiger charge is -2.42. The van der Waals surface area contributed by atoms with Gasteiger partial charge in [0.15, 0.2) is 5.60 Å². The summed E-state index contributed by atoms with van der Waals surface area (Å²) in [4.78, 5) is 15.4. The number of benzene rings is 2. The zero-order valence-corrected chi connectivity index (χ0v) is 25.7. The van der Waals surface area contributed by atoms with Crippen molar-refractivity contribution in [3.63, 3.8) is 0 Å². The number of esters is 1. The van der Waals surface area contributed by atoms with Crippen molar-refractivity contribution in [1.29, 1.82) is 0 Å². The minimum absolute atomic E-state index is 0.169. The molecule has 2 aromatic rings. The Bertz CT molecular complexity index is 1230. The van der Waals surface area contributed by atoms with E-state index >= 15 is 0 Å². The Labute approximate surface area is 256 Å². The second-order valence-corrected chi connectivity index (χ2v) is 12.2. The molecule has 0 radical (unpaired) electrons. The topological polar surface area (TPSA) is 79.2 Å². The van der Waals surface area contributed by atoms with E-state index in [9.17, 15) is 15.0 Å². The average molecular weight is 596 g/mol. The molecule has 42 heavy (non-hydrogen) atoms. The van der Waals surface area contributed by atoms with E-state index < -0.39 is 17.7 Å². The first kappa shape index (κ1) is 32.1. The van der Waals surface area contributed by atoms with E-state index in [4.69, 9.17) is 21.1 Å². The van der Waals surface area contributed by atoms with Crippen LogP contribution in [-0.4, -0.2) is 42.5 Å². The summed E-state index contributed by atoms with van der Waals surface area (Å²) < 4.78 is 11.6. The van der Waals surface area contributed by atoms with Gasteiger partial charge in [-0.25, -0.2) is 4.79 Å². The highest BCUT2D eigenvalue weighted by molar-refractivity contribution is 6.30. The number of aliphatic hydroxyl groups is 2. The number of anilines is 1. The van der Waals surface area contributed by atoms with Crippen LogP contribution in [0.5, 0.6) is 5.75 Å². The van der Waals surface area contributed by atoms with Crippen molar-refractivity contribution < 1.29 is 24.5 Å². The van der Waals surface area contributed by atoms with Gasteiger partial charge in [0.05, 0.1) is 18.9 Å². The fraction of sp³-hybridized carbons (Fsp3) is 0.514. The molecule has 4 rings (SSSR count). The first-order valence-electron chi connectivity index (χ1n) is 15.3. The van der Waals surface area contributed by atoms with Crippen LogP contribution in [-0.2, 0) is 28.2 Å². The molecule has 2 N–H and O–H groups in total. The van der Waals surface area contributed by atoms with Crippen molar-refractivity contribution in [1.82, 2.24) is 0 Å². The molecule has 0 aromatic heterocycles. The van der Waals surface area contributed by atoms with Gasteiger partial charge in [0.1, 0.15) is 12.4 Å². The molecule has 1 fully saturated rings. The number of ether oxygens (including phenoxy) is 2. The number of carbonyl (C=O) groups excluding carboxylic acids is 1. The van der Waals surface area contributed by atoms with Gasteiger partial charge in [0, 0.05) is 18.1 Å². The van der Waals surface area contributed by atoms with Crippen LogP contribution in [0.25, 0.3) is 0 Å². The predicted molar refractivity (Wildman–Crippen MR) is 169 cm³/mol. The molecule has 1 aliphatic carbocycles. The molecule has 1 unspecified atom stereocenters. The third-order valence-electron chi connectivity index (χ3n) is 9.03. The molecule has 4 atom stereocenters. The van der Waals surface area contributed by atoms with Gasteiger partial charge in [-0.2, -0.15) is 0 Å². The number of aliphatic hydroxyl groups excluding tert-OH is 1. The van der Waals surface area contributed by atoms with Crippen molar-refractivity contribution in [3.05, 3.63) is 83.4 Å². The van der Waals surface area contributed by atoms with E-state index in [1.165, 1.54) is 12.7 Å². The van der Waals surface area contributed by atoms with Gasteiger partial charge in [-0.3, -0.25) is 0 Å². The van der Waals surface area contributed by atoms with Gasteiger partial charge in [-0.05, 0) is 111 Å². The van der Waals surface area contributed by atoms with Gasteiger partial charge >= 0.3 is 5.97 Å². The number of hydrogen-bond donors (Lipinski definition) is 2. The maximum absolute atomic E-state index is 13.0. The van der Waals surface area contributed by atoms with Crippen LogP contribution < -0.4 is 9.64 Å². The van der Waals surface area contributed by atoms with Crippen LogP contribution in [0.2, 0.25) is 5.02 Å². The van der Waals surface area contributed by atoms with E-state index in [0.717, 1.165) is 80.7 Å². The van der Waals surface area contributed by atoms with E-state index in [2.05, 4.69) is 18.1 Å². The van der Waals surface area contributed by atoms with E-state index in [0.29, 0.717) is 30.3 Å². The first-order chi connectivity index (χ1) is 20.3. The molecule has 1 saturated carbocycles. The van der Waals surface area contributed by atoms with E-state index in [1.54, 1.807) is 12.1 Å². The van der Waals surface area contributed by atoms with Crippen LogP contribution in [0.4, 0.5) is 5.69 Å². The monoisotopic (exact) mass is 595 g/mol. The maximum Gasteiger partial charge on any atom is 0.342 e. The minimum atomic E-state index is -1.77. The summed E-state index contributed by atoms with van der Waals surface area (Å²) in [6.45, 7) is 9.49. The summed E-state index contributed by atoms with van der Waals surface area (Å²) in [7, 11) is 1.32. The van der Waals surface area contributed by atoms with Gasteiger partial charge in [-0.15, -0.1) is 13.2 Å². The van der Waals surface area contributed by atoms with Crippen molar-refractivity contribution in [2.45, 2.75) is 82.5 Å². The lowest BCUT2D eigenvalue weighted by Crippen LogP contribution is -2.43. The summed E-state index contributed by atoms with van der Waals surface area (Å²) in [5.41, 5.74) is 1.87. The highest BCUT2D eigenvalue weighted by atomic mass is 35.5. The Balaban J connectivity index is 1.70. The molecular formula is C35H46ClNO5. The normalized spacial score (nSPS) is 20.8. The number of hydrogen-bond acceptors (Lipinski definition) is 6. The zero-order chi connectivity index (χ0) is 30.1. The second kappa shape index (κ2) is 15.1. The first-order valence-corrected chi connectivity index (χ1v) is 15.7. The second-order valence-electron chi connectivity index (χ2n) is 11.8. The smallest absolute Gasteiger partial charge is 0.342 e. The number of fused-ring (bicyclic) bond motifs is 2. The molecule has 0 bridgehead atoms. The molecule has 6 nitrogen and oxygen atoms in total. The standard InChI is InChI=1S/C35H46ClNO5/c1-4-6-7-8-10-19-35(40,34(39)41-3)28-15-18-33-31(22-28)37(23-26-14-17-30(26)32(38)5-2)20-11-9-12-25-21-29(36)16-13-27(25)24-42-33/h4-5,13,15-16,18,21-22,26,30,32,38,40H,1-2,6-12,14,17,19-20,23-24H2,3H3/t26-,30+,32-,35?/m0/s1. The molecule has 2 aromatic carbocycles. The summed E-state index contributed by atoms with van der Waals surface area (Å²) in [6, 6.07) is 11.5. The fourth-order valence-corrected chi connectivity index (χ4v) is 6.50. The number of unbranched alkanes of at least 4 members (excludes halogenated alkanes) is 3. The maximum atomic E-state index is 13.0. The average Bonchev–Trinajstić information content (AvgIpc) is 3.01. The molecule has 228 valence electrons. The summed E-state index contributed by atoms with van der Waals surface area (Å²) in [5, 5.41) is 23.0. The molecule has 7 heteroatoms. The Morgan fingerprint density at radius 2 is 2.00 bits per heavy atom. The Morgan fingerprint density at radius 1 is 1.17 bits per heavy atom. The van der Waals surface area contributed by atoms with Crippen LogP contribution >= 0.6 is 11.6 Å². The van der Waals surface area contributed by atoms with Gasteiger partial charge in [0.25, 0.3) is 0 Å². The molecule has 0 spiro atoms. The van der Waals surface area contributed by atoms with Gasteiger partial charge < -0.3 is 24.6 Å². The lowest BCUT2D eigenvalue weighted by molar-refractivity contribution is -0.164. The Morgan fingerprint density at radius 3 is 2.71 bits per heavy atom. The summed E-state index contributed by atoms with van der Waals surface area (Å²) in [6.07, 6.45) is 11.5. The van der Waals surface area contributed by atoms with Gasteiger partial charge in [-0.1, -0.05) is 42.3 Å². The fourth-order valence-electron chi connectivity index (χ4n) is 6.30. The zero-order valence-electron chi connectivity index (χ0n) is 24.9. The van der Waals surface area contributed by atoms with E-state index in [1.807, 2.05) is 36.4 Å². The number of halogens is 1. The van der Waals surface area contributed by atoms with Crippen LogP contribution in [0.15, 0.2) is 61.7 Å². The third-order valence-corrected chi connectivity index (χ3v) is 9.27. The number of nitrogens with zero attached hydrogens (tertiary/aromatic N) is 1. The number of aryl methyl sites for hydroxylation is 1. The number of carbonyl (C=O) groups is 1. The van der Waals surface area contributed by atoms with Crippen LogP contribution in [0.1, 0.15) is 74.5 Å². The Hall–Kier alpha value is -2.80. The predicted octanol–water partition coefficient (Wildman–Crippen LogP) is 7.13. The quantitative estimate of drug-likeness (QED) is 0.154. The summed E-state index contributed by atoms with van der Waals surface area (Å²) in [5.74, 6) is 0.511. The third kappa shape index (κ3) is 7.58. The summed E-state index contributed by atoms with van der Waals surface area (Å²) >= 11 is 6.33. The molecule has 1 aliphatic heterocycles. The SMILES string of the molecule is C=CCCCCCC(O)(C(=O)OC)c1ccc2c(c1)N(C[C@@H]1CC[C@H]1[C@@H](O)C=C)CCCCc1cc(Cl)ccc1CO2. The van der Waals surface area contributed by atoms with Crippen molar-refractivity contribution >= 4 is 23.3 Å².